The van der Waals surface area contributed by atoms with Gasteiger partial charge in [0, 0.05) is 11.9 Å². The Hall–Kier alpha value is 0.250. The Bertz CT molecular complexity index is 91.3. The minimum absolute atomic E-state index is 0.395. The summed E-state index contributed by atoms with van der Waals surface area (Å²) in [5.74, 6) is 0.825. The van der Waals surface area contributed by atoms with Crippen molar-refractivity contribution in [2.45, 2.75) is 31.6 Å². The molecular weight excluding hydrogens is 146 g/mol. The maximum absolute atomic E-state index is 6.05. The Morgan fingerprint density at radius 3 is 2.80 bits per heavy atom. The highest BCUT2D eigenvalue weighted by atomic mass is 35.5. The van der Waals surface area contributed by atoms with Crippen molar-refractivity contribution >= 4 is 11.6 Å². The predicted molar refractivity (Wildman–Crippen MR) is 45.5 cm³/mol. The van der Waals surface area contributed by atoms with E-state index in [4.69, 9.17) is 11.6 Å². The van der Waals surface area contributed by atoms with Crippen LogP contribution in [0.4, 0.5) is 0 Å². The van der Waals surface area contributed by atoms with Gasteiger partial charge in [-0.25, -0.2) is 0 Å². The van der Waals surface area contributed by atoms with Crippen LogP contribution in [0.5, 0.6) is 0 Å². The quantitative estimate of drug-likeness (QED) is 0.481. The van der Waals surface area contributed by atoms with E-state index in [0.29, 0.717) is 5.38 Å². The first kappa shape index (κ1) is 8.35. The number of alkyl halides is 1. The maximum Gasteiger partial charge on any atom is 0.0488 e. The first-order chi connectivity index (χ1) is 4.84. The Morgan fingerprint density at radius 1 is 1.60 bits per heavy atom. The molecule has 2 heteroatoms. The molecule has 0 bridgehead atoms. The van der Waals surface area contributed by atoms with Gasteiger partial charge in [-0.05, 0) is 31.7 Å². The van der Waals surface area contributed by atoms with Gasteiger partial charge in [-0.3, -0.25) is 0 Å². The van der Waals surface area contributed by atoms with Gasteiger partial charge in [-0.2, -0.15) is 0 Å². The molecular formula is C8H16ClN. The molecule has 1 aliphatic rings. The van der Waals surface area contributed by atoms with Crippen molar-refractivity contribution in [1.29, 1.82) is 0 Å². The Morgan fingerprint density at radius 2 is 2.30 bits per heavy atom. The molecule has 1 aliphatic carbocycles. The summed E-state index contributed by atoms with van der Waals surface area (Å²) in [5, 5.41) is 3.72. The van der Waals surface area contributed by atoms with Crippen LogP contribution in [0, 0.1) is 5.92 Å². The molecule has 0 spiro atoms. The van der Waals surface area contributed by atoms with Crippen molar-refractivity contribution in [1.82, 2.24) is 5.32 Å². The number of halogens is 1. The van der Waals surface area contributed by atoms with Gasteiger partial charge in [0.2, 0.25) is 0 Å². The first-order valence-corrected chi connectivity index (χ1v) is 4.63. The van der Waals surface area contributed by atoms with Crippen LogP contribution in [0.1, 0.15) is 26.2 Å². The van der Waals surface area contributed by atoms with Gasteiger partial charge in [0.15, 0.2) is 0 Å². The average molecular weight is 162 g/mol. The molecule has 1 saturated carbocycles. The Labute approximate surface area is 68.1 Å². The largest absolute Gasteiger partial charge is 0.315 e. The van der Waals surface area contributed by atoms with Gasteiger partial charge in [-0.1, -0.05) is 6.92 Å². The second-order valence-corrected chi connectivity index (χ2v) is 3.62. The second kappa shape index (κ2) is 4.20. The van der Waals surface area contributed by atoms with E-state index in [1.54, 1.807) is 0 Å². The number of nitrogens with one attached hydrogen (secondary N) is 1. The first-order valence-electron chi connectivity index (χ1n) is 4.19. The van der Waals surface area contributed by atoms with Crippen molar-refractivity contribution in [3.63, 3.8) is 0 Å². The van der Waals surface area contributed by atoms with Crippen molar-refractivity contribution in [2.75, 3.05) is 13.1 Å². The lowest BCUT2D eigenvalue weighted by Gasteiger charge is -2.07. The molecule has 0 saturated heterocycles. The molecule has 10 heavy (non-hydrogen) atoms. The molecule has 0 aromatic heterocycles. The van der Waals surface area contributed by atoms with Crippen LogP contribution in [0.3, 0.4) is 0 Å². The minimum atomic E-state index is 0.395. The van der Waals surface area contributed by atoms with Crippen LogP contribution >= 0.6 is 11.6 Å². The zero-order chi connectivity index (χ0) is 7.40. The molecule has 1 fully saturated rings. The lowest BCUT2D eigenvalue weighted by Crippen LogP contribution is -2.24. The van der Waals surface area contributed by atoms with Crippen molar-refractivity contribution in [2.24, 2.45) is 5.92 Å². The Kier molecular flexibility index (Phi) is 3.50. The highest BCUT2D eigenvalue weighted by Gasteiger charge is 2.28. The van der Waals surface area contributed by atoms with E-state index < -0.39 is 0 Å². The van der Waals surface area contributed by atoms with E-state index in [-0.39, 0.29) is 0 Å². The minimum Gasteiger partial charge on any atom is -0.315 e. The highest BCUT2D eigenvalue weighted by Crippen LogP contribution is 2.35. The van der Waals surface area contributed by atoms with Crippen molar-refractivity contribution in [3.8, 4) is 0 Å². The molecule has 0 heterocycles. The molecule has 0 aromatic carbocycles. The van der Waals surface area contributed by atoms with Crippen LogP contribution in [0.15, 0.2) is 0 Å². The van der Waals surface area contributed by atoms with Crippen LogP contribution in [-0.2, 0) is 0 Å². The highest BCUT2D eigenvalue weighted by molar-refractivity contribution is 6.21. The molecule has 0 aliphatic heterocycles. The van der Waals surface area contributed by atoms with Gasteiger partial charge in [0.1, 0.15) is 0 Å². The van der Waals surface area contributed by atoms with Crippen LogP contribution in [0.25, 0.3) is 0 Å². The van der Waals surface area contributed by atoms with E-state index in [9.17, 15) is 0 Å². The molecule has 1 atom stereocenters. The number of hydrogen-bond donors (Lipinski definition) is 1. The summed E-state index contributed by atoms with van der Waals surface area (Å²) in [6, 6.07) is 0. The molecule has 1 nitrogen and oxygen atoms in total. The smallest absolute Gasteiger partial charge is 0.0488 e. The summed E-state index contributed by atoms with van der Waals surface area (Å²) in [6.45, 7) is 4.28. The third-order valence-corrected chi connectivity index (χ3v) is 2.41. The maximum atomic E-state index is 6.05. The molecule has 0 amide bonds. The normalized spacial score (nSPS) is 21.0. The van der Waals surface area contributed by atoms with Crippen molar-refractivity contribution in [3.05, 3.63) is 0 Å². The monoisotopic (exact) mass is 161 g/mol. The summed E-state index contributed by atoms with van der Waals surface area (Å²) < 4.78 is 0. The van der Waals surface area contributed by atoms with E-state index in [0.717, 1.165) is 19.0 Å². The van der Waals surface area contributed by atoms with Gasteiger partial charge in [0.05, 0.1) is 0 Å². The van der Waals surface area contributed by atoms with Crippen LogP contribution in [0.2, 0.25) is 0 Å². The van der Waals surface area contributed by atoms with Crippen molar-refractivity contribution < 1.29 is 0 Å². The van der Waals surface area contributed by atoms with Gasteiger partial charge in [-0.15, -0.1) is 11.6 Å². The topological polar surface area (TPSA) is 12.0 Å². The molecule has 1 unspecified atom stereocenters. The lowest BCUT2D eigenvalue weighted by molar-refractivity contribution is 0.614. The predicted octanol–water partition coefficient (Wildman–Crippen LogP) is 2.00. The van der Waals surface area contributed by atoms with Crippen LogP contribution in [-0.4, -0.2) is 18.5 Å². The fourth-order valence-electron chi connectivity index (χ4n) is 1.04. The molecule has 0 aromatic rings. The summed E-state index contributed by atoms with van der Waals surface area (Å²) in [6.07, 6.45) is 3.90. The van der Waals surface area contributed by atoms with E-state index in [1.165, 1.54) is 19.3 Å². The van der Waals surface area contributed by atoms with E-state index in [1.807, 2.05) is 0 Å². The number of hydrogen-bond acceptors (Lipinski definition) is 1. The second-order valence-electron chi connectivity index (χ2n) is 3.06. The Balaban J connectivity index is 1.90. The summed E-state index contributed by atoms with van der Waals surface area (Å²) in [7, 11) is 0. The fraction of sp³-hybridized carbons (Fsp3) is 1.00. The SMILES string of the molecule is CCCNCC(Cl)C1CC1. The van der Waals surface area contributed by atoms with Gasteiger partial charge in [0.25, 0.3) is 0 Å². The van der Waals surface area contributed by atoms with E-state index >= 15 is 0 Å². The van der Waals surface area contributed by atoms with E-state index in [2.05, 4.69) is 12.2 Å². The molecule has 1 rings (SSSR count). The van der Waals surface area contributed by atoms with Crippen LogP contribution < -0.4 is 5.32 Å². The third-order valence-electron chi connectivity index (χ3n) is 1.90. The summed E-state index contributed by atoms with van der Waals surface area (Å²) in [4.78, 5) is 0. The average Bonchev–Trinajstić information content (AvgIpc) is 2.69. The van der Waals surface area contributed by atoms with Gasteiger partial charge >= 0.3 is 0 Å². The standard InChI is InChI=1S/C8H16ClN/c1-2-5-10-6-8(9)7-3-4-7/h7-8,10H,2-6H2,1H3. The summed E-state index contributed by atoms with van der Waals surface area (Å²) >= 11 is 6.05. The zero-order valence-electron chi connectivity index (χ0n) is 6.57. The van der Waals surface area contributed by atoms with Gasteiger partial charge < -0.3 is 5.32 Å². The number of rotatable bonds is 5. The zero-order valence-corrected chi connectivity index (χ0v) is 7.32. The molecule has 0 radical (unpaired) electrons. The molecule has 60 valence electrons. The summed E-state index contributed by atoms with van der Waals surface area (Å²) in [5.41, 5.74) is 0. The molecule has 1 N–H and O–H groups in total. The lowest BCUT2D eigenvalue weighted by atomic mass is 10.3. The fourth-order valence-corrected chi connectivity index (χ4v) is 1.40. The third kappa shape index (κ3) is 2.89.